The molecule has 0 bridgehead atoms. The van der Waals surface area contributed by atoms with E-state index in [1.807, 2.05) is 31.2 Å². The molecule has 0 unspecified atom stereocenters. The zero-order valence-electron chi connectivity index (χ0n) is 7.41. The first-order valence-corrected chi connectivity index (χ1v) is 4.90. The molecule has 1 nitrogen and oxygen atoms in total. The molecule has 2 heteroatoms. The number of terminal acetylenes is 1. The van der Waals surface area contributed by atoms with Gasteiger partial charge in [-0.2, -0.15) is 0 Å². The van der Waals surface area contributed by atoms with Gasteiger partial charge in [-0.15, -0.1) is 18.2 Å². The predicted molar refractivity (Wildman–Crippen MR) is 55.7 cm³/mol. The summed E-state index contributed by atoms with van der Waals surface area (Å²) in [6.45, 7) is 2.03. The van der Waals surface area contributed by atoms with Crippen molar-refractivity contribution < 1.29 is 4.79 Å². The SMILES string of the molecule is C#CC(=O)CSc1ccc(C)cc1. The highest BCUT2D eigenvalue weighted by molar-refractivity contribution is 8.00. The van der Waals surface area contributed by atoms with Crippen molar-refractivity contribution in [2.24, 2.45) is 0 Å². The molecule has 0 aliphatic rings. The third kappa shape index (κ3) is 3.35. The zero-order chi connectivity index (χ0) is 9.68. The maximum Gasteiger partial charge on any atom is 0.215 e. The molecule has 13 heavy (non-hydrogen) atoms. The maximum atomic E-state index is 10.8. The fraction of sp³-hybridized carbons (Fsp3) is 0.182. The van der Waals surface area contributed by atoms with Gasteiger partial charge in [-0.25, -0.2) is 0 Å². The van der Waals surface area contributed by atoms with Crippen molar-refractivity contribution in [3.63, 3.8) is 0 Å². The molecule has 0 radical (unpaired) electrons. The van der Waals surface area contributed by atoms with Crippen LogP contribution in [0.1, 0.15) is 5.56 Å². The molecule has 0 saturated heterocycles. The molecule has 0 N–H and O–H groups in total. The normalized spacial score (nSPS) is 9.23. The van der Waals surface area contributed by atoms with Crippen LogP contribution in [0.2, 0.25) is 0 Å². The average Bonchev–Trinajstić information content (AvgIpc) is 2.16. The Bertz CT molecular complexity index is 332. The van der Waals surface area contributed by atoms with Crippen LogP contribution in [0.3, 0.4) is 0 Å². The second-order valence-electron chi connectivity index (χ2n) is 2.67. The van der Waals surface area contributed by atoms with Gasteiger partial charge in [-0.05, 0) is 25.0 Å². The van der Waals surface area contributed by atoms with Gasteiger partial charge in [-0.1, -0.05) is 17.7 Å². The Morgan fingerprint density at radius 2 is 2.08 bits per heavy atom. The van der Waals surface area contributed by atoms with Crippen molar-refractivity contribution in [1.82, 2.24) is 0 Å². The molecule has 0 aliphatic carbocycles. The Balaban J connectivity index is 2.52. The molecule has 1 rings (SSSR count). The molecule has 0 heterocycles. The standard InChI is InChI=1S/C11H10OS/c1-3-10(12)8-13-11-6-4-9(2)5-7-11/h1,4-7H,8H2,2H3. The minimum atomic E-state index is -0.162. The minimum absolute atomic E-state index is 0.162. The zero-order valence-corrected chi connectivity index (χ0v) is 8.23. The van der Waals surface area contributed by atoms with Gasteiger partial charge in [0.2, 0.25) is 5.78 Å². The third-order valence-electron chi connectivity index (χ3n) is 1.55. The van der Waals surface area contributed by atoms with Crippen LogP contribution in [0.25, 0.3) is 0 Å². The highest BCUT2D eigenvalue weighted by atomic mass is 32.2. The van der Waals surface area contributed by atoms with Gasteiger partial charge in [0.05, 0.1) is 5.75 Å². The van der Waals surface area contributed by atoms with Crippen LogP contribution in [0.5, 0.6) is 0 Å². The first kappa shape index (κ1) is 9.88. The van der Waals surface area contributed by atoms with Crippen molar-refractivity contribution in [2.75, 3.05) is 5.75 Å². The third-order valence-corrected chi connectivity index (χ3v) is 2.56. The summed E-state index contributed by atoms with van der Waals surface area (Å²) >= 11 is 1.47. The lowest BCUT2D eigenvalue weighted by molar-refractivity contribution is -0.111. The molecule has 0 amide bonds. The van der Waals surface area contributed by atoms with E-state index in [-0.39, 0.29) is 5.78 Å². The molecule has 0 fully saturated rings. The van der Waals surface area contributed by atoms with Crippen LogP contribution in [0.15, 0.2) is 29.2 Å². The number of Topliss-reactive ketones (excluding diaryl/α,β-unsaturated/α-hetero) is 1. The smallest absolute Gasteiger partial charge is 0.215 e. The molecule has 0 saturated carbocycles. The van der Waals surface area contributed by atoms with Gasteiger partial charge in [0, 0.05) is 4.90 Å². The van der Waals surface area contributed by atoms with Crippen LogP contribution < -0.4 is 0 Å². The van der Waals surface area contributed by atoms with Crippen molar-refractivity contribution in [2.45, 2.75) is 11.8 Å². The summed E-state index contributed by atoms with van der Waals surface area (Å²) in [5.74, 6) is 2.29. The molecule has 0 spiro atoms. The van der Waals surface area contributed by atoms with E-state index in [0.717, 1.165) is 4.90 Å². The van der Waals surface area contributed by atoms with E-state index < -0.39 is 0 Å². The number of carbonyl (C=O) groups excluding carboxylic acids is 1. The maximum absolute atomic E-state index is 10.8. The fourth-order valence-electron chi connectivity index (χ4n) is 0.825. The van der Waals surface area contributed by atoms with Gasteiger partial charge in [-0.3, -0.25) is 4.79 Å². The minimum Gasteiger partial charge on any atom is -0.284 e. The van der Waals surface area contributed by atoms with Crippen molar-refractivity contribution in [3.05, 3.63) is 29.8 Å². The Hall–Kier alpha value is -1.20. The first-order valence-electron chi connectivity index (χ1n) is 3.91. The summed E-state index contributed by atoms with van der Waals surface area (Å²) in [5, 5.41) is 0. The molecular weight excluding hydrogens is 180 g/mol. The quantitative estimate of drug-likeness (QED) is 0.413. The van der Waals surface area contributed by atoms with Crippen molar-refractivity contribution in [1.29, 1.82) is 0 Å². The summed E-state index contributed by atoms with van der Waals surface area (Å²) in [6, 6.07) is 8.01. The molecule has 0 aromatic heterocycles. The first-order chi connectivity index (χ1) is 6.22. The van der Waals surface area contributed by atoms with Crippen molar-refractivity contribution in [3.8, 4) is 12.3 Å². The molecular formula is C11H10OS. The topological polar surface area (TPSA) is 17.1 Å². The van der Waals surface area contributed by atoms with Gasteiger partial charge in [0.15, 0.2) is 0 Å². The van der Waals surface area contributed by atoms with Gasteiger partial charge >= 0.3 is 0 Å². The number of hydrogen-bond donors (Lipinski definition) is 0. The molecule has 1 aromatic carbocycles. The number of ketones is 1. The molecule has 0 atom stereocenters. The summed E-state index contributed by atoms with van der Waals surface area (Å²) < 4.78 is 0. The Labute approximate surface area is 82.5 Å². The highest BCUT2D eigenvalue weighted by Gasteiger charge is 1.98. The number of thioether (sulfide) groups is 1. The van der Waals surface area contributed by atoms with Crippen LogP contribution in [0, 0.1) is 19.3 Å². The van der Waals surface area contributed by atoms with E-state index in [4.69, 9.17) is 6.42 Å². The Morgan fingerprint density at radius 3 is 2.62 bits per heavy atom. The van der Waals surface area contributed by atoms with Crippen LogP contribution in [-0.4, -0.2) is 11.5 Å². The van der Waals surface area contributed by atoms with E-state index in [1.54, 1.807) is 0 Å². The summed E-state index contributed by atoms with van der Waals surface area (Å²) in [7, 11) is 0. The summed E-state index contributed by atoms with van der Waals surface area (Å²) in [6.07, 6.45) is 4.95. The lowest BCUT2D eigenvalue weighted by Crippen LogP contribution is -1.95. The number of hydrogen-bond acceptors (Lipinski definition) is 2. The van der Waals surface area contributed by atoms with Crippen molar-refractivity contribution >= 4 is 17.5 Å². The average molecular weight is 190 g/mol. The van der Waals surface area contributed by atoms with E-state index in [2.05, 4.69) is 5.92 Å². The number of aryl methyl sites for hydroxylation is 1. The number of carbonyl (C=O) groups is 1. The van der Waals surface area contributed by atoms with E-state index >= 15 is 0 Å². The largest absolute Gasteiger partial charge is 0.284 e. The highest BCUT2D eigenvalue weighted by Crippen LogP contribution is 2.17. The molecule has 0 aliphatic heterocycles. The second-order valence-corrected chi connectivity index (χ2v) is 3.72. The van der Waals surface area contributed by atoms with E-state index in [1.165, 1.54) is 17.3 Å². The number of benzene rings is 1. The van der Waals surface area contributed by atoms with Crippen LogP contribution in [-0.2, 0) is 4.79 Å². The monoisotopic (exact) mass is 190 g/mol. The summed E-state index contributed by atoms with van der Waals surface area (Å²) in [4.78, 5) is 11.9. The lowest BCUT2D eigenvalue weighted by Gasteiger charge is -1.98. The van der Waals surface area contributed by atoms with E-state index in [0.29, 0.717) is 5.75 Å². The lowest BCUT2D eigenvalue weighted by atomic mass is 10.2. The summed E-state index contributed by atoms with van der Waals surface area (Å²) in [5.41, 5.74) is 1.22. The molecule has 66 valence electrons. The fourth-order valence-corrected chi connectivity index (χ4v) is 1.53. The van der Waals surface area contributed by atoms with Crippen LogP contribution >= 0.6 is 11.8 Å². The Kier molecular flexibility index (Phi) is 3.60. The molecule has 1 aromatic rings. The van der Waals surface area contributed by atoms with Gasteiger partial charge in [0.1, 0.15) is 0 Å². The van der Waals surface area contributed by atoms with Crippen LogP contribution in [0.4, 0.5) is 0 Å². The number of rotatable bonds is 3. The second kappa shape index (κ2) is 4.74. The Morgan fingerprint density at radius 1 is 1.46 bits per heavy atom. The van der Waals surface area contributed by atoms with Gasteiger partial charge < -0.3 is 0 Å². The predicted octanol–water partition coefficient (Wildman–Crippen LogP) is 2.29. The van der Waals surface area contributed by atoms with Gasteiger partial charge in [0.25, 0.3) is 0 Å². The van der Waals surface area contributed by atoms with E-state index in [9.17, 15) is 4.79 Å².